The Morgan fingerprint density at radius 2 is 1.74 bits per heavy atom. The number of hydrogen-bond donors (Lipinski definition) is 4. The zero-order valence-corrected chi connectivity index (χ0v) is 28.1. The van der Waals surface area contributed by atoms with Crippen molar-refractivity contribution in [2.75, 3.05) is 56.8 Å². The number of nitriles is 1. The SMILES string of the molecule is COc1cc(S(=O)(=O)CCN(CCO)C(C)(C)C)c(OC)cc1N=Nc1c(Nc2ccccc2)nc(NCC(C)O)c(C#N)c1C. The highest BCUT2D eigenvalue weighted by Crippen LogP contribution is 2.41. The number of nitrogens with zero attached hydrogens (tertiary/aromatic N) is 5. The van der Waals surface area contributed by atoms with Crippen molar-refractivity contribution in [1.82, 2.24) is 9.88 Å². The number of methoxy groups -OCH3 is 2. The first-order chi connectivity index (χ1) is 21.7. The number of benzene rings is 2. The van der Waals surface area contributed by atoms with E-state index in [-0.39, 0.29) is 70.1 Å². The Kier molecular flexibility index (Phi) is 12.4. The highest BCUT2D eigenvalue weighted by atomic mass is 32.2. The first-order valence-electron chi connectivity index (χ1n) is 14.7. The van der Waals surface area contributed by atoms with Crippen LogP contribution in [0.4, 0.5) is 28.7 Å². The summed E-state index contributed by atoms with van der Waals surface area (Å²) in [6.45, 7) is 9.81. The number of azo groups is 1. The molecule has 2 aromatic carbocycles. The summed E-state index contributed by atoms with van der Waals surface area (Å²) in [5, 5.41) is 44.3. The van der Waals surface area contributed by atoms with E-state index in [9.17, 15) is 23.9 Å². The van der Waals surface area contributed by atoms with Crippen molar-refractivity contribution < 1.29 is 28.1 Å². The number of aliphatic hydroxyl groups excluding tert-OH is 2. The first-order valence-corrected chi connectivity index (χ1v) is 16.4. The lowest BCUT2D eigenvalue weighted by atomic mass is 10.1. The number of ether oxygens (including phenoxy) is 2. The Morgan fingerprint density at radius 3 is 2.30 bits per heavy atom. The monoisotopic (exact) mass is 653 g/mol. The number of anilines is 3. The van der Waals surface area contributed by atoms with Crippen LogP contribution in [0.15, 0.2) is 57.6 Å². The third-order valence-corrected chi connectivity index (χ3v) is 8.84. The number of aliphatic hydroxyl groups is 2. The molecule has 0 amide bonds. The molecule has 14 heteroatoms. The zero-order valence-electron chi connectivity index (χ0n) is 27.3. The van der Waals surface area contributed by atoms with Gasteiger partial charge in [0.1, 0.15) is 39.7 Å². The molecule has 4 N–H and O–H groups in total. The number of pyridine rings is 1. The fourth-order valence-electron chi connectivity index (χ4n) is 4.59. The second-order valence-electron chi connectivity index (χ2n) is 11.6. The number of β-amino-alcohol motifs (C(OH)–C–C–N with tert-alkyl or cyclic N) is 1. The van der Waals surface area contributed by atoms with Crippen LogP contribution in [0.5, 0.6) is 11.5 Å². The minimum atomic E-state index is -3.85. The molecule has 3 rings (SSSR count). The average molecular weight is 654 g/mol. The topological polar surface area (TPSA) is 182 Å². The standard InChI is InChI=1S/C32H43N7O6S/c1-21(41)20-34-30-24(19-33)22(2)29(31(36-30)35-23-11-9-8-10-12-23)38-37-25-17-27(45-7)28(18-26(25)44-6)46(42,43)16-14-39(13-15-40)32(3,4)5/h8-12,17-18,21,40-41H,13-16,20H2,1-7H3,(H2,34,35,36). The summed E-state index contributed by atoms with van der Waals surface area (Å²) in [6.07, 6.45) is -0.675. The molecule has 3 aromatic rings. The fourth-order valence-corrected chi connectivity index (χ4v) is 6.01. The van der Waals surface area contributed by atoms with Gasteiger partial charge in [-0.3, -0.25) is 4.90 Å². The summed E-state index contributed by atoms with van der Waals surface area (Å²) in [6, 6.07) is 14.2. The Balaban J connectivity index is 2.08. The summed E-state index contributed by atoms with van der Waals surface area (Å²) in [4.78, 5) is 6.44. The maximum Gasteiger partial charge on any atom is 0.183 e. The Bertz CT molecular complexity index is 1670. The lowest BCUT2D eigenvalue weighted by molar-refractivity contribution is 0.113. The highest BCUT2D eigenvalue weighted by molar-refractivity contribution is 7.91. The molecule has 1 aromatic heterocycles. The first kappa shape index (κ1) is 36.2. The van der Waals surface area contributed by atoms with E-state index in [1.165, 1.54) is 26.4 Å². The molecule has 0 spiro atoms. The van der Waals surface area contributed by atoms with Gasteiger partial charge >= 0.3 is 0 Å². The molecule has 1 unspecified atom stereocenters. The van der Waals surface area contributed by atoms with Crippen molar-refractivity contribution in [1.29, 1.82) is 5.26 Å². The number of para-hydroxylation sites is 1. The van der Waals surface area contributed by atoms with Gasteiger partial charge in [-0.15, -0.1) is 10.2 Å². The van der Waals surface area contributed by atoms with E-state index in [2.05, 4.69) is 31.9 Å². The van der Waals surface area contributed by atoms with E-state index in [0.717, 1.165) is 5.69 Å². The summed E-state index contributed by atoms with van der Waals surface area (Å²) in [5.74, 6) is 0.570. The van der Waals surface area contributed by atoms with Crippen molar-refractivity contribution in [3.8, 4) is 17.6 Å². The molecular weight excluding hydrogens is 610 g/mol. The van der Waals surface area contributed by atoms with Crippen LogP contribution in [0.2, 0.25) is 0 Å². The molecule has 0 bridgehead atoms. The van der Waals surface area contributed by atoms with Crippen LogP contribution < -0.4 is 20.1 Å². The summed E-state index contributed by atoms with van der Waals surface area (Å²) in [5.41, 5.74) is 1.54. The van der Waals surface area contributed by atoms with Crippen LogP contribution in [0.1, 0.15) is 38.8 Å². The van der Waals surface area contributed by atoms with Crippen LogP contribution in [-0.4, -0.2) is 86.4 Å². The summed E-state index contributed by atoms with van der Waals surface area (Å²) >= 11 is 0. The van der Waals surface area contributed by atoms with E-state index in [1.807, 2.05) is 56.0 Å². The van der Waals surface area contributed by atoms with Crippen molar-refractivity contribution in [3.05, 3.63) is 53.6 Å². The molecule has 0 saturated heterocycles. The highest BCUT2D eigenvalue weighted by Gasteiger charge is 2.27. The quantitative estimate of drug-likeness (QED) is 0.160. The summed E-state index contributed by atoms with van der Waals surface area (Å²) < 4.78 is 38.1. The molecule has 0 aliphatic carbocycles. The van der Waals surface area contributed by atoms with Gasteiger partial charge in [-0.2, -0.15) is 5.26 Å². The number of rotatable bonds is 15. The molecular formula is C32H43N7O6S. The minimum Gasteiger partial charge on any atom is -0.495 e. The van der Waals surface area contributed by atoms with E-state index < -0.39 is 15.9 Å². The predicted octanol–water partition coefficient (Wildman–Crippen LogP) is 5.10. The molecule has 248 valence electrons. The maximum absolute atomic E-state index is 13.5. The Labute approximate surface area is 270 Å². The number of aromatic nitrogens is 1. The van der Waals surface area contributed by atoms with Gasteiger partial charge < -0.3 is 30.3 Å². The minimum absolute atomic E-state index is 0.0618. The molecule has 1 atom stereocenters. The molecule has 0 aliphatic heterocycles. The van der Waals surface area contributed by atoms with Gasteiger partial charge in [-0.1, -0.05) is 18.2 Å². The number of nitrogens with one attached hydrogen (secondary N) is 2. The number of sulfone groups is 1. The Morgan fingerprint density at radius 1 is 1.07 bits per heavy atom. The fraction of sp³-hybridized carbons (Fsp3) is 0.438. The van der Waals surface area contributed by atoms with E-state index in [4.69, 9.17) is 9.47 Å². The smallest absolute Gasteiger partial charge is 0.183 e. The van der Waals surface area contributed by atoms with Gasteiger partial charge in [0, 0.05) is 48.6 Å². The van der Waals surface area contributed by atoms with Gasteiger partial charge in [-0.25, -0.2) is 13.4 Å². The van der Waals surface area contributed by atoms with Gasteiger partial charge in [-0.05, 0) is 46.8 Å². The third kappa shape index (κ3) is 9.13. The zero-order chi connectivity index (χ0) is 34.1. The molecule has 0 saturated carbocycles. The third-order valence-electron chi connectivity index (χ3n) is 7.13. The van der Waals surface area contributed by atoms with E-state index in [0.29, 0.717) is 17.9 Å². The van der Waals surface area contributed by atoms with Gasteiger partial charge in [0.2, 0.25) is 0 Å². The van der Waals surface area contributed by atoms with Crippen molar-refractivity contribution in [2.24, 2.45) is 10.2 Å². The van der Waals surface area contributed by atoms with Crippen LogP contribution >= 0.6 is 0 Å². The molecule has 13 nitrogen and oxygen atoms in total. The summed E-state index contributed by atoms with van der Waals surface area (Å²) in [7, 11) is -1.09. The number of hydrogen-bond acceptors (Lipinski definition) is 13. The van der Waals surface area contributed by atoms with Gasteiger partial charge in [0.05, 0.1) is 38.2 Å². The molecule has 0 fully saturated rings. The Hall–Kier alpha value is -4.29. The lowest BCUT2D eigenvalue weighted by Crippen LogP contribution is -2.45. The lowest BCUT2D eigenvalue weighted by Gasteiger charge is -2.35. The molecule has 1 heterocycles. The van der Waals surface area contributed by atoms with E-state index in [1.54, 1.807) is 13.8 Å². The van der Waals surface area contributed by atoms with Gasteiger partial charge in [0.25, 0.3) is 0 Å². The van der Waals surface area contributed by atoms with Crippen LogP contribution in [0.25, 0.3) is 0 Å². The van der Waals surface area contributed by atoms with E-state index >= 15 is 0 Å². The second-order valence-corrected chi connectivity index (χ2v) is 13.6. The second kappa shape index (κ2) is 15.8. The van der Waals surface area contributed by atoms with Crippen molar-refractivity contribution in [3.63, 3.8) is 0 Å². The largest absolute Gasteiger partial charge is 0.495 e. The van der Waals surface area contributed by atoms with Crippen molar-refractivity contribution >= 4 is 38.5 Å². The molecule has 46 heavy (non-hydrogen) atoms. The van der Waals surface area contributed by atoms with Crippen molar-refractivity contribution in [2.45, 2.75) is 51.2 Å². The maximum atomic E-state index is 13.5. The van der Waals surface area contributed by atoms with Crippen LogP contribution in [0.3, 0.4) is 0 Å². The predicted molar refractivity (Wildman–Crippen MR) is 178 cm³/mol. The normalized spacial score (nSPS) is 12.6. The van der Waals surface area contributed by atoms with Crippen LogP contribution in [0, 0.1) is 18.3 Å². The molecule has 0 radical (unpaired) electrons. The average Bonchev–Trinajstić information content (AvgIpc) is 3.01. The van der Waals surface area contributed by atoms with Gasteiger partial charge in [0.15, 0.2) is 15.7 Å². The van der Waals surface area contributed by atoms with Crippen LogP contribution in [-0.2, 0) is 9.84 Å². The molecule has 0 aliphatic rings.